The van der Waals surface area contributed by atoms with Gasteiger partial charge in [0.05, 0.1) is 6.42 Å². The Hall–Kier alpha value is -2.29. The van der Waals surface area contributed by atoms with E-state index in [0.29, 0.717) is 13.0 Å². The Balaban J connectivity index is 1.79. The van der Waals surface area contributed by atoms with Crippen LogP contribution in [0, 0.1) is 0 Å². The molecule has 0 unspecified atom stereocenters. The minimum absolute atomic E-state index is 0.201. The van der Waals surface area contributed by atoms with Gasteiger partial charge in [-0.1, -0.05) is 49.4 Å². The average molecular weight is 283 g/mol. The molecule has 2 aromatic rings. The van der Waals surface area contributed by atoms with Crippen molar-refractivity contribution in [1.29, 1.82) is 0 Å². The van der Waals surface area contributed by atoms with Crippen molar-refractivity contribution in [1.82, 2.24) is 0 Å². The topological polar surface area (TPSA) is 38.3 Å². The summed E-state index contributed by atoms with van der Waals surface area (Å²) < 4.78 is 5.27. The van der Waals surface area contributed by atoms with E-state index in [9.17, 15) is 4.79 Å². The molecule has 0 saturated carbocycles. The van der Waals surface area contributed by atoms with Crippen molar-refractivity contribution in [2.24, 2.45) is 0 Å². The molecule has 0 radical (unpaired) electrons. The summed E-state index contributed by atoms with van der Waals surface area (Å²) in [6, 6.07) is 17.6. The fourth-order valence-electron chi connectivity index (χ4n) is 1.97. The summed E-state index contributed by atoms with van der Waals surface area (Å²) in [6.07, 6.45) is 1.40. The molecule has 0 saturated heterocycles. The second kappa shape index (κ2) is 8.10. The lowest BCUT2D eigenvalue weighted by atomic mass is 10.1. The molecule has 0 amide bonds. The van der Waals surface area contributed by atoms with E-state index in [1.165, 1.54) is 0 Å². The van der Waals surface area contributed by atoms with Crippen LogP contribution in [0.25, 0.3) is 0 Å². The van der Waals surface area contributed by atoms with Crippen molar-refractivity contribution in [3.05, 3.63) is 65.7 Å². The number of ether oxygens (including phenoxy) is 1. The lowest BCUT2D eigenvalue weighted by Gasteiger charge is -2.07. The first-order valence-corrected chi connectivity index (χ1v) is 7.30. The molecule has 110 valence electrons. The first-order chi connectivity index (χ1) is 10.3. The molecule has 0 spiro atoms. The lowest BCUT2D eigenvalue weighted by molar-refractivity contribution is -0.144. The maximum absolute atomic E-state index is 11.8. The Kier molecular flexibility index (Phi) is 5.83. The van der Waals surface area contributed by atoms with E-state index in [4.69, 9.17) is 4.74 Å². The average Bonchev–Trinajstić information content (AvgIpc) is 2.53. The SMILES string of the molecule is CCCNc1ccc(CC(=O)OCc2ccccc2)cc1. The number of carbonyl (C=O) groups is 1. The predicted molar refractivity (Wildman–Crippen MR) is 85.2 cm³/mol. The van der Waals surface area contributed by atoms with E-state index in [2.05, 4.69) is 12.2 Å². The van der Waals surface area contributed by atoms with Crippen LogP contribution in [0.3, 0.4) is 0 Å². The molecule has 3 heteroatoms. The minimum atomic E-state index is -0.201. The van der Waals surface area contributed by atoms with Gasteiger partial charge in [0.2, 0.25) is 0 Å². The number of hydrogen-bond acceptors (Lipinski definition) is 3. The summed E-state index contributed by atoms with van der Waals surface area (Å²) in [5.74, 6) is -0.201. The smallest absolute Gasteiger partial charge is 0.310 e. The standard InChI is InChI=1S/C18H21NO2/c1-2-12-19-17-10-8-15(9-11-17)13-18(20)21-14-16-6-4-3-5-7-16/h3-11,19H,2,12-14H2,1H3. The first-order valence-electron chi connectivity index (χ1n) is 7.30. The monoisotopic (exact) mass is 283 g/mol. The molecule has 0 fully saturated rings. The molecule has 2 aromatic carbocycles. The van der Waals surface area contributed by atoms with Crippen molar-refractivity contribution in [3.8, 4) is 0 Å². The number of benzene rings is 2. The molecule has 0 aliphatic rings. The van der Waals surface area contributed by atoms with Crippen LogP contribution in [-0.2, 0) is 22.6 Å². The molecule has 0 heterocycles. The second-order valence-electron chi connectivity index (χ2n) is 4.95. The van der Waals surface area contributed by atoms with Crippen molar-refractivity contribution in [2.45, 2.75) is 26.4 Å². The van der Waals surface area contributed by atoms with Crippen LogP contribution < -0.4 is 5.32 Å². The summed E-state index contributed by atoms with van der Waals surface area (Å²) in [5.41, 5.74) is 3.05. The van der Waals surface area contributed by atoms with Crippen molar-refractivity contribution in [2.75, 3.05) is 11.9 Å². The first kappa shape index (κ1) is 15.1. The van der Waals surface area contributed by atoms with Gasteiger partial charge in [-0.25, -0.2) is 0 Å². The van der Waals surface area contributed by atoms with Crippen molar-refractivity contribution >= 4 is 11.7 Å². The zero-order valence-electron chi connectivity index (χ0n) is 12.3. The van der Waals surface area contributed by atoms with Gasteiger partial charge in [-0.3, -0.25) is 4.79 Å². The third kappa shape index (κ3) is 5.30. The van der Waals surface area contributed by atoms with E-state index < -0.39 is 0 Å². The normalized spacial score (nSPS) is 10.1. The van der Waals surface area contributed by atoms with Crippen molar-refractivity contribution < 1.29 is 9.53 Å². The van der Waals surface area contributed by atoms with Crippen LogP contribution in [-0.4, -0.2) is 12.5 Å². The Morgan fingerprint density at radius 3 is 2.38 bits per heavy atom. The molecule has 1 N–H and O–H groups in total. The predicted octanol–water partition coefficient (Wildman–Crippen LogP) is 3.79. The highest BCUT2D eigenvalue weighted by Gasteiger charge is 2.05. The molecule has 2 rings (SSSR count). The Morgan fingerprint density at radius 1 is 1.00 bits per heavy atom. The zero-order valence-corrected chi connectivity index (χ0v) is 12.3. The summed E-state index contributed by atoms with van der Waals surface area (Å²) in [4.78, 5) is 11.8. The van der Waals surface area contributed by atoms with Gasteiger partial charge < -0.3 is 10.1 Å². The largest absolute Gasteiger partial charge is 0.461 e. The molecular formula is C18H21NO2. The fraction of sp³-hybridized carbons (Fsp3) is 0.278. The minimum Gasteiger partial charge on any atom is -0.461 e. The molecule has 3 nitrogen and oxygen atoms in total. The second-order valence-corrected chi connectivity index (χ2v) is 4.95. The maximum atomic E-state index is 11.8. The molecule has 0 atom stereocenters. The quantitative estimate of drug-likeness (QED) is 0.786. The summed E-state index contributed by atoms with van der Waals surface area (Å²) >= 11 is 0. The highest BCUT2D eigenvalue weighted by Crippen LogP contribution is 2.11. The molecule has 0 aliphatic carbocycles. The molecule has 0 aliphatic heterocycles. The molecule has 0 aromatic heterocycles. The molecule has 21 heavy (non-hydrogen) atoms. The fourth-order valence-corrected chi connectivity index (χ4v) is 1.97. The molecule has 0 bridgehead atoms. The zero-order chi connectivity index (χ0) is 14.9. The van der Waals surface area contributed by atoms with Gasteiger partial charge >= 0.3 is 5.97 Å². The number of rotatable bonds is 7. The lowest BCUT2D eigenvalue weighted by Crippen LogP contribution is -2.08. The van der Waals surface area contributed by atoms with E-state index in [1.54, 1.807) is 0 Å². The van der Waals surface area contributed by atoms with E-state index in [-0.39, 0.29) is 5.97 Å². The Labute approximate surface area is 126 Å². The van der Waals surface area contributed by atoms with Crippen LogP contribution in [0.1, 0.15) is 24.5 Å². The highest BCUT2D eigenvalue weighted by atomic mass is 16.5. The summed E-state index contributed by atoms with van der Waals surface area (Å²) in [7, 11) is 0. The summed E-state index contributed by atoms with van der Waals surface area (Å²) in [6.45, 7) is 3.42. The van der Waals surface area contributed by atoms with Gasteiger partial charge in [0.1, 0.15) is 6.61 Å². The highest BCUT2D eigenvalue weighted by molar-refractivity contribution is 5.72. The van der Waals surface area contributed by atoms with Gasteiger partial charge in [-0.2, -0.15) is 0 Å². The summed E-state index contributed by atoms with van der Waals surface area (Å²) in [5, 5.41) is 3.31. The van der Waals surface area contributed by atoms with Crippen LogP contribution in [0.15, 0.2) is 54.6 Å². The maximum Gasteiger partial charge on any atom is 0.310 e. The van der Waals surface area contributed by atoms with Gasteiger partial charge in [0, 0.05) is 12.2 Å². The van der Waals surface area contributed by atoms with Gasteiger partial charge in [-0.15, -0.1) is 0 Å². The third-order valence-corrected chi connectivity index (χ3v) is 3.12. The number of esters is 1. The van der Waals surface area contributed by atoms with Crippen LogP contribution in [0.5, 0.6) is 0 Å². The van der Waals surface area contributed by atoms with E-state index in [0.717, 1.165) is 29.8 Å². The van der Waals surface area contributed by atoms with Gasteiger partial charge in [0.15, 0.2) is 0 Å². The van der Waals surface area contributed by atoms with Crippen molar-refractivity contribution in [3.63, 3.8) is 0 Å². The Bertz CT molecular complexity index is 549. The molecular weight excluding hydrogens is 262 g/mol. The van der Waals surface area contributed by atoms with Gasteiger partial charge in [-0.05, 0) is 29.7 Å². The number of anilines is 1. The third-order valence-electron chi connectivity index (χ3n) is 3.12. The Morgan fingerprint density at radius 2 is 1.71 bits per heavy atom. The van der Waals surface area contributed by atoms with E-state index in [1.807, 2.05) is 54.6 Å². The van der Waals surface area contributed by atoms with Gasteiger partial charge in [0.25, 0.3) is 0 Å². The van der Waals surface area contributed by atoms with Crippen LogP contribution in [0.4, 0.5) is 5.69 Å². The number of nitrogens with one attached hydrogen (secondary N) is 1. The van der Waals surface area contributed by atoms with E-state index >= 15 is 0 Å². The number of carbonyl (C=O) groups excluding carboxylic acids is 1. The van der Waals surface area contributed by atoms with Crippen LogP contribution >= 0.6 is 0 Å². The van der Waals surface area contributed by atoms with Crippen LogP contribution in [0.2, 0.25) is 0 Å². The number of hydrogen-bond donors (Lipinski definition) is 1.